The van der Waals surface area contributed by atoms with Gasteiger partial charge in [-0.25, -0.2) is 9.78 Å². The Kier molecular flexibility index (Phi) is 7.90. The molecule has 0 aliphatic carbocycles. The van der Waals surface area contributed by atoms with Crippen molar-refractivity contribution in [2.45, 2.75) is 72.1 Å². The zero-order valence-electron chi connectivity index (χ0n) is 21.2. The minimum Gasteiger partial charge on any atom is -0.486 e. The molecule has 0 saturated carbocycles. The van der Waals surface area contributed by atoms with Gasteiger partial charge in [-0.2, -0.15) is 0 Å². The number of halogens is 1. The minimum absolute atomic E-state index is 0.195. The maximum Gasteiger partial charge on any atom is 0.410 e. The predicted octanol–water partition coefficient (Wildman–Crippen LogP) is 7.00. The van der Waals surface area contributed by atoms with Crippen LogP contribution >= 0.6 is 11.6 Å². The Balaban J connectivity index is 1.40. The highest BCUT2D eigenvalue weighted by atomic mass is 35.5. The molecule has 1 amide bonds. The average Bonchev–Trinajstić information content (AvgIpc) is 3.14. The van der Waals surface area contributed by atoms with Crippen LogP contribution in [-0.4, -0.2) is 39.2 Å². The van der Waals surface area contributed by atoms with E-state index in [1.54, 1.807) is 0 Å². The minimum atomic E-state index is -0.463. The van der Waals surface area contributed by atoms with E-state index in [1.165, 1.54) is 5.56 Å². The Morgan fingerprint density at radius 1 is 1.17 bits per heavy atom. The summed E-state index contributed by atoms with van der Waals surface area (Å²) in [7, 11) is 0. The molecular formula is C28H36ClN3O3. The molecule has 1 fully saturated rings. The number of rotatable bonds is 7. The molecule has 1 atom stereocenters. The van der Waals surface area contributed by atoms with Gasteiger partial charge in [-0.05, 0) is 101 Å². The van der Waals surface area contributed by atoms with E-state index in [2.05, 4.69) is 29.7 Å². The van der Waals surface area contributed by atoms with Gasteiger partial charge < -0.3 is 18.9 Å². The molecule has 1 saturated heterocycles. The average molecular weight is 498 g/mol. The van der Waals surface area contributed by atoms with E-state index in [0.717, 1.165) is 67.9 Å². The van der Waals surface area contributed by atoms with E-state index in [9.17, 15) is 4.79 Å². The molecular weight excluding hydrogens is 462 g/mol. The van der Waals surface area contributed by atoms with Crippen LogP contribution in [0.25, 0.3) is 11.0 Å². The number of imidazole rings is 1. The van der Waals surface area contributed by atoms with E-state index in [0.29, 0.717) is 17.5 Å². The first kappa shape index (κ1) is 25.4. The van der Waals surface area contributed by atoms with Crippen LogP contribution < -0.4 is 4.74 Å². The number of carbonyl (C=O) groups is 1. The Morgan fingerprint density at radius 3 is 2.69 bits per heavy atom. The van der Waals surface area contributed by atoms with Gasteiger partial charge in [-0.3, -0.25) is 0 Å². The number of aromatic nitrogens is 2. The van der Waals surface area contributed by atoms with Crippen molar-refractivity contribution in [1.82, 2.24) is 14.5 Å². The molecule has 188 valence electrons. The SMILES string of the molecule is Cc1ccc2nc(COc3ccc(Cl)cc3)n(CCCC3CCCN(C(=O)OC(C)(C)C)C3)c2c1. The zero-order chi connectivity index (χ0) is 25.0. The summed E-state index contributed by atoms with van der Waals surface area (Å²) in [5, 5.41) is 0.688. The van der Waals surface area contributed by atoms with Crippen molar-refractivity contribution in [1.29, 1.82) is 0 Å². The molecule has 0 N–H and O–H groups in total. The fourth-order valence-corrected chi connectivity index (χ4v) is 4.78. The van der Waals surface area contributed by atoms with Crippen LogP contribution in [0.5, 0.6) is 5.75 Å². The molecule has 1 aliphatic heterocycles. The molecule has 35 heavy (non-hydrogen) atoms. The van der Waals surface area contributed by atoms with E-state index in [1.807, 2.05) is 49.9 Å². The van der Waals surface area contributed by atoms with Crippen LogP contribution in [0, 0.1) is 12.8 Å². The summed E-state index contributed by atoms with van der Waals surface area (Å²) < 4.78 is 13.9. The monoisotopic (exact) mass is 497 g/mol. The summed E-state index contributed by atoms with van der Waals surface area (Å²) in [5.74, 6) is 2.18. The lowest BCUT2D eigenvalue weighted by Gasteiger charge is -2.34. The lowest BCUT2D eigenvalue weighted by molar-refractivity contribution is 0.0160. The molecule has 1 aliphatic rings. The number of fused-ring (bicyclic) bond motifs is 1. The zero-order valence-corrected chi connectivity index (χ0v) is 22.0. The normalized spacial score (nSPS) is 16.5. The van der Waals surface area contributed by atoms with Gasteiger partial charge in [0, 0.05) is 24.7 Å². The summed E-state index contributed by atoms with van der Waals surface area (Å²) in [6.07, 6.45) is 4.05. The topological polar surface area (TPSA) is 56.6 Å². The lowest BCUT2D eigenvalue weighted by Crippen LogP contribution is -2.42. The summed E-state index contributed by atoms with van der Waals surface area (Å²) in [6.45, 7) is 10.7. The lowest BCUT2D eigenvalue weighted by atomic mass is 9.93. The highest BCUT2D eigenvalue weighted by Gasteiger charge is 2.27. The van der Waals surface area contributed by atoms with E-state index in [4.69, 9.17) is 26.1 Å². The molecule has 0 radical (unpaired) electrons. The number of nitrogens with zero attached hydrogens (tertiary/aromatic N) is 3. The molecule has 0 spiro atoms. The largest absolute Gasteiger partial charge is 0.486 e. The van der Waals surface area contributed by atoms with Crippen molar-refractivity contribution in [3.63, 3.8) is 0 Å². The Labute approximate surface area is 213 Å². The summed E-state index contributed by atoms with van der Waals surface area (Å²) in [5.41, 5.74) is 2.87. The summed E-state index contributed by atoms with van der Waals surface area (Å²) in [6, 6.07) is 13.8. The van der Waals surface area contributed by atoms with Gasteiger partial charge in [-0.15, -0.1) is 0 Å². The van der Waals surface area contributed by atoms with Gasteiger partial charge in [0.2, 0.25) is 0 Å². The van der Waals surface area contributed by atoms with Crippen LogP contribution in [0.2, 0.25) is 5.02 Å². The number of aryl methyl sites for hydroxylation is 2. The fraction of sp³-hybridized carbons (Fsp3) is 0.500. The third kappa shape index (κ3) is 6.91. The number of amides is 1. The van der Waals surface area contributed by atoms with Gasteiger partial charge >= 0.3 is 6.09 Å². The van der Waals surface area contributed by atoms with Gasteiger partial charge in [0.15, 0.2) is 0 Å². The first-order valence-corrected chi connectivity index (χ1v) is 12.9. The van der Waals surface area contributed by atoms with Gasteiger partial charge in [0.1, 0.15) is 23.8 Å². The van der Waals surface area contributed by atoms with E-state index >= 15 is 0 Å². The van der Waals surface area contributed by atoms with Crippen LogP contribution in [0.3, 0.4) is 0 Å². The first-order chi connectivity index (χ1) is 16.7. The third-order valence-electron chi connectivity index (χ3n) is 6.33. The number of hydrogen-bond acceptors (Lipinski definition) is 4. The van der Waals surface area contributed by atoms with Crippen molar-refractivity contribution >= 4 is 28.7 Å². The number of carbonyl (C=O) groups excluding carboxylic acids is 1. The van der Waals surface area contributed by atoms with Crippen molar-refractivity contribution < 1.29 is 14.3 Å². The van der Waals surface area contributed by atoms with Crippen molar-refractivity contribution in [2.75, 3.05) is 13.1 Å². The number of ether oxygens (including phenoxy) is 2. The van der Waals surface area contributed by atoms with Crippen LogP contribution in [0.15, 0.2) is 42.5 Å². The van der Waals surface area contributed by atoms with Gasteiger partial charge in [0.25, 0.3) is 0 Å². The summed E-state index contributed by atoms with van der Waals surface area (Å²) >= 11 is 6.00. The van der Waals surface area contributed by atoms with Crippen LogP contribution in [0.1, 0.15) is 57.8 Å². The molecule has 1 unspecified atom stereocenters. The molecule has 7 heteroatoms. The molecule has 4 rings (SSSR count). The predicted molar refractivity (Wildman–Crippen MR) is 140 cm³/mol. The highest BCUT2D eigenvalue weighted by Crippen LogP contribution is 2.25. The Morgan fingerprint density at radius 2 is 1.94 bits per heavy atom. The molecule has 0 bridgehead atoms. The standard InChI is InChI=1S/C28H36ClN3O3/c1-20-9-14-24-25(17-20)32(26(30-24)19-34-23-12-10-22(29)11-13-23)16-6-8-21-7-5-15-31(18-21)27(33)35-28(2,3)4/h9-14,17,21H,5-8,15-16,18-19H2,1-4H3. The Bertz CT molecular complexity index is 1150. The third-order valence-corrected chi connectivity index (χ3v) is 6.58. The number of likely N-dealkylation sites (tertiary alicyclic amines) is 1. The highest BCUT2D eigenvalue weighted by molar-refractivity contribution is 6.30. The number of hydrogen-bond donors (Lipinski definition) is 0. The number of benzene rings is 2. The summed E-state index contributed by atoms with van der Waals surface area (Å²) in [4.78, 5) is 19.3. The second-order valence-corrected chi connectivity index (χ2v) is 10.9. The maximum atomic E-state index is 12.5. The van der Waals surface area contributed by atoms with Crippen molar-refractivity contribution in [3.8, 4) is 5.75 Å². The van der Waals surface area contributed by atoms with Crippen molar-refractivity contribution in [3.05, 3.63) is 58.9 Å². The molecule has 3 aromatic rings. The molecule has 1 aromatic heterocycles. The molecule has 2 heterocycles. The number of piperidine rings is 1. The Hall–Kier alpha value is -2.73. The smallest absolute Gasteiger partial charge is 0.410 e. The maximum absolute atomic E-state index is 12.5. The molecule has 2 aromatic carbocycles. The second kappa shape index (κ2) is 10.9. The molecule has 6 nitrogen and oxygen atoms in total. The first-order valence-electron chi connectivity index (χ1n) is 12.5. The van der Waals surface area contributed by atoms with Crippen LogP contribution in [0.4, 0.5) is 4.79 Å². The van der Waals surface area contributed by atoms with Crippen LogP contribution in [-0.2, 0) is 17.9 Å². The van der Waals surface area contributed by atoms with Gasteiger partial charge in [-0.1, -0.05) is 17.7 Å². The fourth-order valence-electron chi connectivity index (χ4n) is 4.65. The van der Waals surface area contributed by atoms with E-state index < -0.39 is 5.60 Å². The second-order valence-electron chi connectivity index (χ2n) is 10.5. The quantitative estimate of drug-likeness (QED) is 0.352. The van der Waals surface area contributed by atoms with Gasteiger partial charge in [0.05, 0.1) is 11.0 Å². The van der Waals surface area contributed by atoms with E-state index in [-0.39, 0.29) is 6.09 Å². The van der Waals surface area contributed by atoms with Crippen molar-refractivity contribution in [2.24, 2.45) is 5.92 Å².